The lowest BCUT2D eigenvalue weighted by Gasteiger charge is -1.94. The minimum atomic E-state index is 0.477. The first-order valence-electron chi connectivity index (χ1n) is 4.58. The standard InChI is InChI=1S/C11H10N4/c1-13-11-14-9(7-12)10(15-11)8-5-3-2-4-6-8/h2-6H,1H3,(H2,13,14,15). The molecule has 0 aliphatic rings. The number of imidazole rings is 1. The molecule has 0 atom stereocenters. The van der Waals surface area contributed by atoms with Crippen molar-refractivity contribution in [3.63, 3.8) is 0 Å². The molecule has 0 radical (unpaired) electrons. The number of nitrogens with one attached hydrogen (secondary N) is 2. The summed E-state index contributed by atoms with van der Waals surface area (Å²) in [5.74, 6) is 0.602. The van der Waals surface area contributed by atoms with Crippen molar-refractivity contribution in [2.45, 2.75) is 0 Å². The Hall–Kier alpha value is -2.28. The molecule has 0 aliphatic heterocycles. The van der Waals surface area contributed by atoms with Crippen LogP contribution < -0.4 is 5.32 Å². The van der Waals surface area contributed by atoms with Crippen molar-refractivity contribution in [1.82, 2.24) is 9.97 Å². The Balaban J connectivity index is 2.53. The van der Waals surface area contributed by atoms with E-state index in [-0.39, 0.29) is 0 Å². The Labute approximate surface area is 87.6 Å². The number of aromatic amines is 1. The molecule has 2 N–H and O–H groups in total. The highest BCUT2D eigenvalue weighted by atomic mass is 15.1. The van der Waals surface area contributed by atoms with Gasteiger partial charge in [0.15, 0.2) is 0 Å². The van der Waals surface area contributed by atoms with Gasteiger partial charge in [-0.1, -0.05) is 30.3 Å². The number of aromatic nitrogens is 2. The van der Waals surface area contributed by atoms with Gasteiger partial charge in [-0.15, -0.1) is 0 Å². The van der Waals surface area contributed by atoms with E-state index in [1.807, 2.05) is 30.3 Å². The predicted octanol–water partition coefficient (Wildman–Crippen LogP) is 1.99. The molecule has 1 aromatic heterocycles. The van der Waals surface area contributed by atoms with Gasteiger partial charge >= 0.3 is 0 Å². The summed E-state index contributed by atoms with van der Waals surface area (Å²) in [4.78, 5) is 7.18. The van der Waals surface area contributed by atoms with Crippen LogP contribution in [0.4, 0.5) is 5.95 Å². The zero-order valence-electron chi connectivity index (χ0n) is 8.28. The van der Waals surface area contributed by atoms with Crippen LogP contribution in [0.3, 0.4) is 0 Å². The summed E-state index contributed by atoms with van der Waals surface area (Å²) >= 11 is 0. The van der Waals surface area contributed by atoms with E-state index in [1.165, 1.54) is 0 Å². The zero-order chi connectivity index (χ0) is 10.7. The van der Waals surface area contributed by atoms with Crippen LogP contribution in [0.5, 0.6) is 0 Å². The van der Waals surface area contributed by atoms with Crippen LogP contribution >= 0.6 is 0 Å². The van der Waals surface area contributed by atoms with Gasteiger partial charge in [-0.2, -0.15) is 5.26 Å². The van der Waals surface area contributed by atoms with Gasteiger partial charge in [0.2, 0.25) is 5.95 Å². The number of H-pyrrole nitrogens is 1. The average molecular weight is 198 g/mol. The first kappa shape index (κ1) is 9.28. The minimum absolute atomic E-state index is 0.477. The molecule has 0 aliphatic carbocycles. The van der Waals surface area contributed by atoms with Gasteiger partial charge in [0.25, 0.3) is 0 Å². The van der Waals surface area contributed by atoms with Crippen LogP contribution in [0.1, 0.15) is 5.69 Å². The number of hydrogen-bond donors (Lipinski definition) is 2. The molecular formula is C11H10N4. The second-order valence-electron chi connectivity index (χ2n) is 3.04. The molecule has 1 aromatic carbocycles. The largest absolute Gasteiger partial charge is 0.359 e. The lowest BCUT2D eigenvalue weighted by molar-refractivity contribution is 1.25. The second-order valence-corrected chi connectivity index (χ2v) is 3.04. The first-order chi connectivity index (χ1) is 7.35. The number of nitriles is 1. The van der Waals surface area contributed by atoms with Crippen LogP contribution in [0.15, 0.2) is 30.3 Å². The van der Waals surface area contributed by atoms with Crippen LogP contribution in [0.25, 0.3) is 11.3 Å². The Bertz CT molecular complexity index is 493. The molecule has 4 heteroatoms. The van der Waals surface area contributed by atoms with Gasteiger partial charge in [-0.25, -0.2) is 4.98 Å². The average Bonchev–Trinajstić information content (AvgIpc) is 2.73. The van der Waals surface area contributed by atoms with E-state index in [9.17, 15) is 0 Å². The van der Waals surface area contributed by atoms with E-state index in [1.54, 1.807) is 7.05 Å². The fourth-order valence-electron chi connectivity index (χ4n) is 1.38. The van der Waals surface area contributed by atoms with Gasteiger partial charge < -0.3 is 10.3 Å². The molecule has 1 heterocycles. The number of hydrogen-bond acceptors (Lipinski definition) is 3. The Morgan fingerprint density at radius 1 is 1.33 bits per heavy atom. The third-order valence-corrected chi connectivity index (χ3v) is 2.10. The van der Waals surface area contributed by atoms with Crippen molar-refractivity contribution in [3.05, 3.63) is 36.0 Å². The summed E-state index contributed by atoms with van der Waals surface area (Å²) in [5.41, 5.74) is 2.10. The molecule has 0 amide bonds. The maximum atomic E-state index is 8.94. The Morgan fingerprint density at radius 3 is 2.67 bits per heavy atom. The SMILES string of the molecule is CNc1nc(-c2ccccc2)c(C#N)[nH]1. The smallest absolute Gasteiger partial charge is 0.201 e. The fourth-order valence-corrected chi connectivity index (χ4v) is 1.38. The molecule has 0 saturated heterocycles. The van der Waals surface area contributed by atoms with Gasteiger partial charge in [-0.3, -0.25) is 0 Å². The summed E-state index contributed by atoms with van der Waals surface area (Å²) < 4.78 is 0. The third kappa shape index (κ3) is 1.67. The Kier molecular flexibility index (Phi) is 2.38. The Morgan fingerprint density at radius 2 is 2.07 bits per heavy atom. The molecule has 0 bridgehead atoms. The highest BCUT2D eigenvalue weighted by Crippen LogP contribution is 2.21. The number of rotatable bonds is 2. The molecule has 4 nitrogen and oxygen atoms in total. The topological polar surface area (TPSA) is 64.5 Å². The number of anilines is 1. The van der Waals surface area contributed by atoms with Crippen molar-refractivity contribution in [2.24, 2.45) is 0 Å². The highest BCUT2D eigenvalue weighted by Gasteiger charge is 2.10. The van der Waals surface area contributed by atoms with Crippen LogP contribution in [-0.4, -0.2) is 17.0 Å². The van der Waals surface area contributed by atoms with Crippen LogP contribution in [-0.2, 0) is 0 Å². The first-order valence-corrected chi connectivity index (χ1v) is 4.58. The van der Waals surface area contributed by atoms with Crippen molar-refractivity contribution >= 4 is 5.95 Å². The molecule has 0 unspecified atom stereocenters. The third-order valence-electron chi connectivity index (χ3n) is 2.10. The number of nitrogens with zero attached hydrogens (tertiary/aromatic N) is 2. The van der Waals surface area contributed by atoms with Crippen LogP contribution in [0, 0.1) is 11.3 Å². The maximum absolute atomic E-state index is 8.94. The lowest BCUT2D eigenvalue weighted by atomic mass is 10.1. The highest BCUT2D eigenvalue weighted by molar-refractivity contribution is 5.66. The summed E-state index contributed by atoms with van der Waals surface area (Å²) in [6.07, 6.45) is 0. The van der Waals surface area contributed by atoms with Crippen molar-refractivity contribution in [2.75, 3.05) is 12.4 Å². The molecule has 2 aromatic rings. The van der Waals surface area contributed by atoms with Crippen molar-refractivity contribution < 1.29 is 0 Å². The molecule has 2 rings (SSSR count). The van der Waals surface area contributed by atoms with Crippen molar-refractivity contribution in [1.29, 1.82) is 5.26 Å². The molecule has 0 fully saturated rings. The molecule has 74 valence electrons. The molecule has 15 heavy (non-hydrogen) atoms. The van der Waals surface area contributed by atoms with E-state index < -0.39 is 0 Å². The van der Waals surface area contributed by atoms with Gasteiger partial charge in [0.1, 0.15) is 17.5 Å². The molecule has 0 spiro atoms. The molecular weight excluding hydrogens is 188 g/mol. The normalized spacial score (nSPS) is 9.60. The lowest BCUT2D eigenvalue weighted by Crippen LogP contribution is -1.89. The minimum Gasteiger partial charge on any atom is -0.359 e. The van der Waals surface area contributed by atoms with Crippen LogP contribution in [0.2, 0.25) is 0 Å². The summed E-state index contributed by atoms with van der Waals surface area (Å²) in [6, 6.07) is 11.7. The van der Waals surface area contributed by atoms with Gasteiger partial charge in [0.05, 0.1) is 0 Å². The van der Waals surface area contributed by atoms with E-state index in [0.29, 0.717) is 17.3 Å². The summed E-state index contributed by atoms with van der Waals surface area (Å²) in [6.45, 7) is 0. The number of benzene rings is 1. The monoisotopic (exact) mass is 198 g/mol. The van der Waals surface area contributed by atoms with Gasteiger partial charge in [0, 0.05) is 12.6 Å². The van der Waals surface area contributed by atoms with Gasteiger partial charge in [-0.05, 0) is 0 Å². The molecule has 0 saturated carbocycles. The summed E-state index contributed by atoms with van der Waals surface area (Å²) in [5, 5.41) is 11.8. The van der Waals surface area contributed by atoms with E-state index in [0.717, 1.165) is 5.56 Å². The van der Waals surface area contributed by atoms with E-state index >= 15 is 0 Å². The second kappa shape index (κ2) is 3.84. The maximum Gasteiger partial charge on any atom is 0.201 e. The fraction of sp³-hybridized carbons (Fsp3) is 0.0909. The van der Waals surface area contributed by atoms with Crippen molar-refractivity contribution in [3.8, 4) is 17.3 Å². The predicted molar refractivity (Wildman–Crippen MR) is 58.3 cm³/mol. The van der Waals surface area contributed by atoms with E-state index in [4.69, 9.17) is 5.26 Å². The summed E-state index contributed by atoms with van der Waals surface area (Å²) in [7, 11) is 1.76. The van der Waals surface area contributed by atoms with E-state index in [2.05, 4.69) is 21.4 Å². The quantitative estimate of drug-likeness (QED) is 0.775. The zero-order valence-corrected chi connectivity index (χ0v) is 8.28.